The number of aromatic nitrogens is 1. The van der Waals surface area contributed by atoms with Crippen molar-refractivity contribution >= 4 is 28.4 Å². The van der Waals surface area contributed by atoms with Gasteiger partial charge in [0.05, 0.1) is 46.3 Å². The molecule has 2 aliphatic heterocycles. The highest BCUT2D eigenvalue weighted by Gasteiger charge is 2.46. The Kier molecular flexibility index (Phi) is 10.5. The van der Waals surface area contributed by atoms with Gasteiger partial charge in [0.2, 0.25) is 5.91 Å². The van der Waals surface area contributed by atoms with E-state index in [1.54, 1.807) is 17.0 Å². The number of carbonyl (C=O) groups excluding carboxylic acids is 2. The Morgan fingerprint density at radius 1 is 1.04 bits per heavy atom. The molecule has 3 fully saturated rings. The van der Waals surface area contributed by atoms with Crippen LogP contribution in [0.4, 0.5) is 18.9 Å². The molecule has 0 unspecified atom stereocenters. The second-order valence-corrected chi connectivity index (χ2v) is 14.7. The molecule has 1 saturated carbocycles. The summed E-state index contributed by atoms with van der Waals surface area (Å²) in [5.41, 5.74) is 1.92. The number of amides is 2. The number of piperidine rings is 1. The maximum absolute atomic E-state index is 15.0. The summed E-state index contributed by atoms with van der Waals surface area (Å²) in [6.45, 7) is 6.41. The van der Waals surface area contributed by atoms with Crippen molar-refractivity contribution in [2.24, 2.45) is 0 Å². The number of alkyl halides is 3. The normalized spacial score (nSPS) is 17.9. The molecule has 1 aliphatic carbocycles. The minimum atomic E-state index is -4.58. The van der Waals surface area contributed by atoms with Crippen molar-refractivity contribution in [3.05, 3.63) is 89.0 Å². The number of nitrogens with one attached hydrogen (secondary N) is 2. The van der Waals surface area contributed by atoms with E-state index in [1.165, 1.54) is 6.07 Å². The number of rotatable bonds is 12. The van der Waals surface area contributed by atoms with Crippen molar-refractivity contribution in [2.75, 3.05) is 37.7 Å². The van der Waals surface area contributed by atoms with Crippen LogP contribution < -0.4 is 20.3 Å². The molecule has 3 heterocycles. The number of carbonyl (C=O) groups is 2. The lowest BCUT2D eigenvalue weighted by atomic mass is 9.93. The van der Waals surface area contributed by atoms with E-state index in [9.17, 15) is 23.1 Å². The molecular weight excluding hydrogens is 683 g/mol. The first-order valence-corrected chi connectivity index (χ1v) is 18.6. The van der Waals surface area contributed by atoms with Crippen LogP contribution in [0.5, 0.6) is 5.75 Å². The van der Waals surface area contributed by atoms with Crippen LogP contribution in [0.15, 0.2) is 66.7 Å². The summed E-state index contributed by atoms with van der Waals surface area (Å²) in [5, 5.41) is 16.5. The minimum Gasteiger partial charge on any atom is -0.489 e. The molecule has 280 valence electrons. The average Bonchev–Trinajstić information content (AvgIpc) is 3.80. The molecule has 0 bridgehead atoms. The number of hydrogen-bond donors (Lipinski definition) is 3. The number of ether oxygens (including phenoxy) is 1. The van der Waals surface area contributed by atoms with Gasteiger partial charge in [0.15, 0.2) is 0 Å². The van der Waals surface area contributed by atoms with Gasteiger partial charge in [0.25, 0.3) is 5.91 Å². The molecule has 3 N–H and O–H groups in total. The molecule has 3 aliphatic rings. The number of pyridine rings is 1. The van der Waals surface area contributed by atoms with Crippen LogP contribution in [-0.4, -0.2) is 71.7 Å². The molecule has 9 nitrogen and oxygen atoms in total. The molecule has 0 atom stereocenters. The smallest absolute Gasteiger partial charge is 0.416 e. The molecule has 2 amide bonds. The van der Waals surface area contributed by atoms with Crippen molar-refractivity contribution in [3.63, 3.8) is 0 Å². The van der Waals surface area contributed by atoms with Gasteiger partial charge in [0, 0.05) is 54.7 Å². The largest absolute Gasteiger partial charge is 0.489 e. The van der Waals surface area contributed by atoms with Gasteiger partial charge in [0.1, 0.15) is 5.75 Å². The summed E-state index contributed by atoms with van der Waals surface area (Å²) in [7, 11) is 0. The van der Waals surface area contributed by atoms with Gasteiger partial charge in [-0.05, 0) is 82.8 Å². The monoisotopic (exact) mass is 729 g/mol. The molecule has 0 radical (unpaired) electrons. The highest BCUT2D eigenvalue weighted by atomic mass is 19.4. The number of anilines is 1. The predicted octanol–water partition coefficient (Wildman–Crippen LogP) is 6.80. The van der Waals surface area contributed by atoms with E-state index >= 15 is 4.79 Å². The number of benzene rings is 3. The van der Waals surface area contributed by atoms with Crippen molar-refractivity contribution in [1.29, 1.82) is 0 Å². The lowest BCUT2D eigenvalue weighted by Crippen LogP contribution is -2.43. The minimum absolute atomic E-state index is 0.0429. The summed E-state index contributed by atoms with van der Waals surface area (Å²) in [5.74, 6) is 0.0267. The molecule has 2 saturated heterocycles. The Morgan fingerprint density at radius 3 is 2.43 bits per heavy atom. The maximum atomic E-state index is 15.0. The zero-order chi connectivity index (χ0) is 37.3. The van der Waals surface area contributed by atoms with Crippen LogP contribution in [0.1, 0.15) is 79.4 Å². The Hall–Kier alpha value is -4.52. The molecule has 4 aromatic rings. The fourth-order valence-electron chi connectivity index (χ4n) is 7.71. The lowest BCUT2D eigenvalue weighted by Gasteiger charge is -2.33. The summed E-state index contributed by atoms with van der Waals surface area (Å²) < 4.78 is 48.6. The Balaban J connectivity index is 1.44. The van der Waals surface area contributed by atoms with Crippen LogP contribution in [0.3, 0.4) is 0 Å². The van der Waals surface area contributed by atoms with E-state index in [0.717, 1.165) is 43.4 Å². The standard InChI is InChI=1S/C41H46F3N5O4/c1-26(2)53-35-24-33-31(23-34(35)49-18-7-12-36(49)51)37(39(52)47-40(15-16-40)28-9-4-3-5-10-28)32(25-48-19-13-30(14-20-48)45-17-21-50)38(46-33)27-8-6-11-29(22-27)41(42,43)44/h3-6,8-11,22-24,26,30,45,50H,7,12-21,25H2,1-2H3,(H,47,52). The molecular formula is C41H46F3N5O4. The Morgan fingerprint density at radius 2 is 1.79 bits per heavy atom. The number of halogens is 3. The van der Waals surface area contributed by atoms with Gasteiger partial charge in [-0.1, -0.05) is 42.5 Å². The highest BCUT2D eigenvalue weighted by molar-refractivity contribution is 6.11. The molecule has 1 aromatic heterocycles. The van der Waals surface area contributed by atoms with Crippen LogP contribution in [-0.2, 0) is 23.1 Å². The average molecular weight is 730 g/mol. The van der Waals surface area contributed by atoms with Gasteiger partial charge in [-0.3, -0.25) is 14.5 Å². The van der Waals surface area contributed by atoms with Gasteiger partial charge >= 0.3 is 6.18 Å². The SMILES string of the molecule is CC(C)Oc1cc2nc(-c3cccc(C(F)(F)F)c3)c(CN3CCC(NCCO)CC3)c(C(=O)NC3(c4ccccc4)CC3)c2cc1N1CCCC1=O. The molecule has 12 heteroatoms. The summed E-state index contributed by atoms with van der Waals surface area (Å²) in [6.07, 6.45) is -0.652. The summed E-state index contributed by atoms with van der Waals surface area (Å²) >= 11 is 0. The summed E-state index contributed by atoms with van der Waals surface area (Å²) in [6, 6.07) is 18.7. The molecule has 7 rings (SSSR count). The highest BCUT2D eigenvalue weighted by Crippen LogP contribution is 2.47. The zero-order valence-corrected chi connectivity index (χ0v) is 30.1. The lowest BCUT2D eigenvalue weighted by molar-refractivity contribution is -0.137. The third-order valence-corrected chi connectivity index (χ3v) is 10.5. The van der Waals surface area contributed by atoms with E-state index in [2.05, 4.69) is 15.5 Å². The van der Waals surface area contributed by atoms with Crippen LogP contribution in [0, 0.1) is 0 Å². The van der Waals surface area contributed by atoms with E-state index in [4.69, 9.17) is 9.72 Å². The Labute approximate surface area is 307 Å². The topological polar surface area (TPSA) is 107 Å². The summed E-state index contributed by atoms with van der Waals surface area (Å²) in [4.78, 5) is 37.1. The van der Waals surface area contributed by atoms with Crippen LogP contribution in [0.2, 0.25) is 0 Å². The molecule has 0 spiro atoms. The quantitative estimate of drug-likeness (QED) is 0.147. The van der Waals surface area contributed by atoms with Crippen molar-refractivity contribution in [3.8, 4) is 17.0 Å². The predicted molar refractivity (Wildman–Crippen MR) is 198 cm³/mol. The van der Waals surface area contributed by atoms with E-state index in [1.807, 2.05) is 50.2 Å². The first-order chi connectivity index (χ1) is 25.5. The van der Waals surface area contributed by atoms with Gasteiger partial charge in [-0.2, -0.15) is 13.2 Å². The van der Waals surface area contributed by atoms with Crippen molar-refractivity contribution in [1.82, 2.24) is 20.5 Å². The number of aliphatic hydroxyl groups is 1. The zero-order valence-electron chi connectivity index (χ0n) is 30.1. The van der Waals surface area contributed by atoms with Crippen LogP contribution >= 0.6 is 0 Å². The molecule has 53 heavy (non-hydrogen) atoms. The number of nitrogens with zero attached hydrogens (tertiary/aromatic N) is 3. The first-order valence-electron chi connectivity index (χ1n) is 18.6. The fourth-order valence-corrected chi connectivity index (χ4v) is 7.71. The van der Waals surface area contributed by atoms with Gasteiger partial charge in [-0.25, -0.2) is 4.98 Å². The van der Waals surface area contributed by atoms with Gasteiger partial charge in [-0.15, -0.1) is 0 Å². The van der Waals surface area contributed by atoms with E-state index < -0.39 is 17.3 Å². The number of hydrogen-bond acceptors (Lipinski definition) is 7. The maximum Gasteiger partial charge on any atom is 0.416 e. The molecule has 3 aromatic carbocycles. The number of likely N-dealkylation sites (tertiary alicyclic amines) is 1. The number of aliphatic hydroxyl groups excluding tert-OH is 1. The Bertz CT molecular complexity index is 1970. The van der Waals surface area contributed by atoms with Gasteiger partial charge < -0.3 is 25.4 Å². The fraction of sp³-hybridized carbons (Fsp3) is 0.439. The van der Waals surface area contributed by atoms with E-state index in [-0.39, 0.29) is 42.7 Å². The first kappa shape index (κ1) is 36.8. The van der Waals surface area contributed by atoms with Crippen LogP contribution in [0.25, 0.3) is 22.2 Å². The third-order valence-electron chi connectivity index (χ3n) is 10.5. The second kappa shape index (κ2) is 15.1. The van der Waals surface area contributed by atoms with Crippen molar-refractivity contribution in [2.45, 2.75) is 82.8 Å². The second-order valence-electron chi connectivity index (χ2n) is 14.7. The third kappa shape index (κ3) is 7.90. The number of fused-ring (bicyclic) bond motifs is 1. The van der Waals surface area contributed by atoms with Crippen molar-refractivity contribution < 1.29 is 32.6 Å². The van der Waals surface area contributed by atoms with E-state index in [0.29, 0.717) is 78.2 Å².